The van der Waals surface area contributed by atoms with Crippen LogP contribution in [0.5, 0.6) is 0 Å². The minimum Gasteiger partial charge on any atom is -0.387 e. The average molecular weight is 627 g/mol. The summed E-state index contributed by atoms with van der Waals surface area (Å²) in [6.45, 7) is 8.18. The monoisotopic (exact) mass is 627 g/mol. The lowest BCUT2D eigenvalue weighted by molar-refractivity contribution is 0.255. The van der Waals surface area contributed by atoms with E-state index < -0.39 is 11.2 Å². The van der Waals surface area contributed by atoms with Crippen LogP contribution in [-0.2, 0) is 11.2 Å². The average Bonchev–Trinajstić information content (AvgIpc) is 2.98. The van der Waals surface area contributed by atoms with E-state index in [2.05, 4.69) is 23.1 Å². The fourth-order valence-corrected chi connectivity index (χ4v) is 6.52. The number of hydrogen-bond donors (Lipinski definition) is 2. The molecule has 0 aromatic rings. The van der Waals surface area contributed by atoms with Crippen LogP contribution in [0, 0.1) is 0 Å². The Morgan fingerprint density at radius 1 is 0.465 bits per heavy atom. The summed E-state index contributed by atoms with van der Waals surface area (Å²) in [6.07, 6.45) is 42.4. The zero-order valence-electron chi connectivity index (χ0n) is 29.4. The maximum Gasteiger partial charge on any atom is 0.215 e. The third kappa shape index (κ3) is 35.9. The van der Waals surface area contributed by atoms with Crippen molar-refractivity contribution < 1.29 is 4.21 Å². The molecule has 0 saturated carbocycles. The van der Waals surface area contributed by atoms with Crippen LogP contribution < -0.4 is 10.9 Å². The highest BCUT2D eigenvalue weighted by Gasteiger charge is 2.06. The van der Waals surface area contributed by atoms with Gasteiger partial charge in [-0.15, -0.1) is 0 Å². The number of unbranched alkanes of at least 4 members (excludes halogenated alkanes) is 27. The minimum absolute atomic E-state index is 0.423. The largest absolute Gasteiger partial charge is 0.387 e. The normalized spacial score (nSPS) is 12.9. The maximum atomic E-state index is 11.0. The first kappa shape index (κ1) is 42.5. The Morgan fingerprint density at radius 2 is 0.721 bits per heavy atom. The Kier molecular flexibility index (Phi) is 35.6. The lowest BCUT2D eigenvalue weighted by atomic mass is 10.0. The lowest BCUT2D eigenvalue weighted by Crippen LogP contribution is -2.27. The summed E-state index contributed by atoms with van der Waals surface area (Å²) in [5, 5.41) is 5.23. The molecule has 0 spiro atoms. The topological polar surface area (TPSA) is 84.7 Å². The van der Waals surface area contributed by atoms with Crippen molar-refractivity contribution in [3.63, 3.8) is 0 Å². The molecule has 1 atom stereocenters. The van der Waals surface area contributed by atoms with Crippen LogP contribution in [0.1, 0.15) is 213 Å². The van der Waals surface area contributed by atoms with E-state index in [0.717, 1.165) is 19.4 Å². The Morgan fingerprint density at radius 3 is 1.00 bits per heavy atom. The molecule has 0 radical (unpaired) electrons. The quantitative estimate of drug-likeness (QED) is 0.0412. The van der Waals surface area contributed by atoms with Gasteiger partial charge in [-0.25, -0.2) is 9.35 Å². The van der Waals surface area contributed by atoms with Crippen LogP contribution in [0.3, 0.4) is 0 Å². The van der Waals surface area contributed by atoms with Gasteiger partial charge in [-0.1, -0.05) is 181 Å². The molecule has 0 aromatic heterocycles. The van der Waals surface area contributed by atoms with Crippen molar-refractivity contribution in [1.82, 2.24) is 4.90 Å². The van der Waals surface area contributed by atoms with Crippen molar-refractivity contribution in [3.8, 4) is 0 Å². The minimum atomic E-state index is -1.68. The van der Waals surface area contributed by atoms with Gasteiger partial charge in [0.05, 0.1) is 0 Å². The molecule has 0 heterocycles. The summed E-state index contributed by atoms with van der Waals surface area (Å²) in [7, 11) is 0. The van der Waals surface area contributed by atoms with Gasteiger partial charge in [0, 0.05) is 6.42 Å². The zero-order chi connectivity index (χ0) is 31.5. The molecule has 43 heavy (non-hydrogen) atoms. The Balaban J connectivity index is 3.93. The van der Waals surface area contributed by atoms with Gasteiger partial charge in [-0.3, -0.25) is 0 Å². The number of nitrogens with zero attached hydrogens (tertiary/aromatic N) is 2. The Hall–Kier alpha value is -0.460. The van der Waals surface area contributed by atoms with Gasteiger partial charge in [0.25, 0.3) is 0 Å². The predicted molar refractivity (Wildman–Crippen MR) is 195 cm³/mol. The van der Waals surface area contributed by atoms with Crippen molar-refractivity contribution in [2.24, 2.45) is 15.3 Å². The third-order valence-electron chi connectivity index (χ3n) is 9.02. The van der Waals surface area contributed by atoms with Crippen molar-refractivity contribution in [2.45, 2.75) is 213 Å². The van der Waals surface area contributed by atoms with Crippen molar-refractivity contribution in [2.75, 3.05) is 19.6 Å². The molecule has 0 rings (SSSR count). The van der Waals surface area contributed by atoms with E-state index in [1.807, 2.05) is 0 Å². The number of hydrogen-bond acceptors (Lipinski definition) is 2. The second-order valence-electron chi connectivity index (χ2n) is 13.3. The van der Waals surface area contributed by atoms with Gasteiger partial charge in [-0.2, -0.15) is 4.40 Å². The fourth-order valence-electron chi connectivity index (χ4n) is 6.20. The van der Waals surface area contributed by atoms with E-state index in [1.165, 1.54) is 193 Å². The molecule has 0 amide bonds. The molecular weight excluding hydrogens is 549 g/mol. The van der Waals surface area contributed by atoms with E-state index in [1.54, 1.807) is 0 Å². The molecular formula is C37H78N4OS. The number of amidine groups is 1. The van der Waals surface area contributed by atoms with Crippen molar-refractivity contribution in [3.05, 3.63) is 0 Å². The second kappa shape index (κ2) is 36.0. The highest BCUT2D eigenvalue weighted by atomic mass is 32.2. The Bertz CT molecular complexity index is 569. The summed E-state index contributed by atoms with van der Waals surface area (Å²) >= 11 is -1.68. The smallest absolute Gasteiger partial charge is 0.215 e. The van der Waals surface area contributed by atoms with Gasteiger partial charge in [0.15, 0.2) is 0 Å². The highest BCUT2D eigenvalue weighted by molar-refractivity contribution is 7.81. The molecule has 0 bridgehead atoms. The van der Waals surface area contributed by atoms with Gasteiger partial charge >= 0.3 is 0 Å². The van der Waals surface area contributed by atoms with Gasteiger partial charge in [0.2, 0.25) is 11.2 Å². The van der Waals surface area contributed by atoms with Crippen molar-refractivity contribution >= 4 is 17.0 Å². The second-order valence-corrected chi connectivity index (χ2v) is 14.1. The third-order valence-corrected chi connectivity index (χ3v) is 9.43. The Labute approximate surface area is 273 Å². The first-order chi connectivity index (χ1) is 21.1. The summed E-state index contributed by atoms with van der Waals surface area (Å²) in [4.78, 5) is 2.69. The molecule has 0 aromatic carbocycles. The van der Waals surface area contributed by atoms with E-state index in [0.29, 0.717) is 12.3 Å². The van der Waals surface area contributed by atoms with Gasteiger partial charge in [-0.05, 0) is 45.3 Å². The van der Waals surface area contributed by atoms with E-state index in [4.69, 9.17) is 10.9 Å². The molecule has 0 fully saturated rings. The summed E-state index contributed by atoms with van der Waals surface area (Å²) in [6, 6.07) is 0. The highest BCUT2D eigenvalue weighted by Crippen LogP contribution is 2.15. The van der Waals surface area contributed by atoms with Crippen LogP contribution >= 0.6 is 0 Å². The van der Waals surface area contributed by atoms with E-state index in [9.17, 15) is 4.21 Å². The van der Waals surface area contributed by atoms with E-state index in [-0.39, 0.29) is 0 Å². The number of nitrogens with two attached hydrogens (primary N) is 2. The molecule has 6 heteroatoms. The van der Waals surface area contributed by atoms with E-state index >= 15 is 0 Å². The standard InChI is InChI=1S/C37H78N4OS/c1-3-5-7-9-11-13-15-17-19-21-23-25-27-30-34-41(36-32-29-33-37(38)40-43(39)42)35-31-28-26-24-22-20-18-16-14-12-10-8-6-4-2/h3-36,39H2,1-2H3,(H2,38,40). The SMILES string of the molecule is CCCCCCCCCCCCCCCCN(CCCCCCCCCCCCCCCC)CCCC/C(N)=N/S(N)=O. The molecule has 0 saturated heterocycles. The maximum absolute atomic E-state index is 11.0. The number of rotatable bonds is 36. The first-order valence-electron chi connectivity index (χ1n) is 19.3. The predicted octanol–water partition coefficient (Wildman–Crippen LogP) is 11.3. The molecule has 4 N–H and O–H groups in total. The van der Waals surface area contributed by atoms with Crippen LogP contribution in [0.2, 0.25) is 0 Å². The van der Waals surface area contributed by atoms with Crippen LogP contribution in [0.25, 0.3) is 0 Å². The zero-order valence-corrected chi connectivity index (χ0v) is 30.2. The van der Waals surface area contributed by atoms with Crippen LogP contribution in [0.15, 0.2) is 4.40 Å². The summed E-state index contributed by atoms with van der Waals surface area (Å²) < 4.78 is 14.8. The fraction of sp³-hybridized carbons (Fsp3) is 0.973. The van der Waals surface area contributed by atoms with Gasteiger partial charge in [0.1, 0.15) is 5.84 Å². The lowest BCUT2D eigenvalue weighted by Gasteiger charge is -2.22. The van der Waals surface area contributed by atoms with Crippen LogP contribution in [-0.4, -0.2) is 34.6 Å². The van der Waals surface area contributed by atoms with Crippen molar-refractivity contribution in [1.29, 1.82) is 0 Å². The molecule has 1 unspecified atom stereocenters. The van der Waals surface area contributed by atoms with Gasteiger partial charge < -0.3 is 10.6 Å². The summed E-state index contributed by atoms with van der Waals surface area (Å²) in [5.74, 6) is 0.423. The molecule has 0 aliphatic heterocycles. The molecule has 0 aliphatic carbocycles. The summed E-state index contributed by atoms with van der Waals surface area (Å²) in [5.41, 5.74) is 5.84. The first-order valence-corrected chi connectivity index (χ1v) is 20.5. The molecule has 0 aliphatic rings. The molecule has 5 nitrogen and oxygen atoms in total. The van der Waals surface area contributed by atoms with Crippen LogP contribution in [0.4, 0.5) is 0 Å². The molecule has 258 valence electrons.